The third-order valence-electron chi connectivity index (χ3n) is 4.94. The zero-order valence-electron chi connectivity index (χ0n) is 17.1. The first kappa shape index (κ1) is 21.2. The van der Waals surface area contributed by atoms with E-state index >= 15 is 0 Å². The molecule has 0 spiro atoms. The predicted octanol–water partition coefficient (Wildman–Crippen LogP) is 4.17. The van der Waals surface area contributed by atoms with Crippen molar-refractivity contribution in [2.75, 3.05) is 13.2 Å². The smallest absolute Gasteiger partial charge is 0.302 e. The van der Waals surface area contributed by atoms with Crippen molar-refractivity contribution in [2.24, 2.45) is 10.4 Å². The summed E-state index contributed by atoms with van der Waals surface area (Å²) in [5, 5.41) is 0.0348. The summed E-state index contributed by atoms with van der Waals surface area (Å²) in [6, 6.07) is 0.0761. The number of hydrogen-bond acceptors (Lipinski definition) is 5. The van der Waals surface area contributed by atoms with Gasteiger partial charge in [0.2, 0.25) is 5.90 Å². The van der Waals surface area contributed by atoms with Crippen LogP contribution in [0.1, 0.15) is 55.4 Å². The Hall–Kier alpha value is -0.883. The molecule has 1 aliphatic rings. The van der Waals surface area contributed by atoms with Crippen LogP contribution in [0, 0.1) is 5.41 Å². The maximum absolute atomic E-state index is 11.3. The monoisotopic (exact) mass is 357 g/mol. The van der Waals surface area contributed by atoms with Gasteiger partial charge in [-0.1, -0.05) is 41.5 Å². The topological polar surface area (TPSA) is 57.1 Å². The Morgan fingerprint density at radius 2 is 1.75 bits per heavy atom. The minimum absolute atomic E-state index is 0.0149. The highest BCUT2D eigenvalue weighted by molar-refractivity contribution is 6.74. The van der Waals surface area contributed by atoms with Gasteiger partial charge < -0.3 is 13.9 Å². The van der Waals surface area contributed by atoms with Crippen LogP contribution in [-0.2, 0) is 18.7 Å². The van der Waals surface area contributed by atoms with Crippen molar-refractivity contribution in [1.82, 2.24) is 0 Å². The van der Waals surface area contributed by atoms with Crippen LogP contribution in [0.2, 0.25) is 18.1 Å². The zero-order valence-corrected chi connectivity index (χ0v) is 18.1. The lowest BCUT2D eigenvalue weighted by Gasteiger charge is -2.43. The summed E-state index contributed by atoms with van der Waals surface area (Å²) in [4.78, 5) is 16.1. The number of nitrogens with zero attached hydrogens (tertiary/aromatic N) is 1. The van der Waals surface area contributed by atoms with Crippen LogP contribution < -0.4 is 0 Å². The van der Waals surface area contributed by atoms with Crippen LogP contribution in [0.4, 0.5) is 0 Å². The average Bonchev–Trinajstić information content (AvgIpc) is 2.84. The second kappa shape index (κ2) is 6.79. The van der Waals surface area contributed by atoms with Crippen molar-refractivity contribution < 1.29 is 18.7 Å². The third-order valence-corrected chi connectivity index (χ3v) is 9.51. The first-order valence-electron chi connectivity index (χ1n) is 8.63. The molecule has 0 radical (unpaired) electrons. The van der Waals surface area contributed by atoms with Crippen molar-refractivity contribution >= 4 is 20.2 Å². The summed E-state index contributed by atoms with van der Waals surface area (Å²) in [5.41, 5.74) is -0.838. The van der Waals surface area contributed by atoms with E-state index in [2.05, 4.69) is 54.6 Å². The van der Waals surface area contributed by atoms with Crippen LogP contribution in [0.25, 0.3) is 0 Å². The molecule has 1 unspecified atom stereocenters. The van der Waals surface area contributed by atoms with Gasteiger partial charge in [-0.15, -0.1) is 0 Å². The van der Waals surface area contributed by atoms with E-state index in [1.165, 1.54) is 6.92 Å². The lowest BCUT2D eigenvalue weighted by Crippen LogP contribution is -2.54. The lowest BCUT2D eigenvalue weighted by molar-refractivity contribution is -0.145. The number of carbonyl (C=O) groups excluding carboxylic acids is 1. The van der Waals surface area contributed by atoms with Gasteiger partial charge in [-0.25, -0.2) is 4.99 Å². The summed E-state index contributed by atoms with van der Waals surface area (Å²) in [7, 11) is -2.10. The van der Waals surface area contributed by atoms with Crippen molar-refractivity contribution in [3.63, 3.8) is 0 Å². The summed E-state index contributed by atoms with van der Waals surface area (Å²) in [6.07, 6.45) is 0. The molecule has 1 rings (SSSR count). The van der Waals surface area contributed by atoms with Crippen LogP contribution >= 0.6 is 0 Å². The molecule has 2 atom stereocenters. The number of ether oxygens (including phenoxy) is 2. The fourth-order valence-electron chi connectivity index (χ4n) is 2.20. The Bertz CT molecular complexity index is 502. The van der Waals surface area contributed by atoms with E-state index in [1.54, 1.807) is 0 Å². The second-order valence-electron chi connectivity index (χ2n) is 9.50. The van der Waals surface area contributed by atoms with E-state index in [-0.39, 0.29) is 29.1 Å². The van der Waals surface area contributed by atoms with Crippen molar-refractivity contribution in [1.29, 1.82) is 0 Å². The maximum atomic E-state index is 11.3. The fourth-order valence-corrected chi connectivity index (χ4v) is 3.78. The van der Waals surface area contributed by atoms with Gasteiger partial charge in [0.15, 0.2) is 13.9 Å². The first-order valence-corrected chi connectivity index (χ1v) is 11.5. The molecule has 0 aromatic carbocycles. The standard InChI is InChI=1S/C18H35NO4Si/c1-13(20)22-12-18(8,23-24(9,10)17(5,6)7)15-19-14(11-21-15)16(2,3)4/h14H,11-12H2,1-10H3/t14-,18?/m0/s1. The van der Waals surface area contributed by atoms with E-state index < -0.39 is 13.9 Å². The SMILES string of the molecule is CC(=O)OCC(C)(O[Si](C)(C)C(C)(C)C)C1=N[C@H](C(C)(C)C)CO1. The van der Waals surface area contributed by atoms with Gasteiger partial charge in [0.05, 0.1) is 6.04 Å². The Morgan fingerprint density at radius 3 is 2.12 bits per heavy atom. The molecule has 1 heterocycles. The summed E-state index contributed by atoms with van der Waals surface area (Å²) >= 11 is 0. The Kier molecular flexibility index (Phi) is 5.98. The maximum Gasteiger partial charge on any atom is 0.302 e. The van der Waals surface area contributed by atoms with Gasteiger partial charge in [-0.3, -0.25) is 4.79 Å². The van der Waals surface area contributed by atoms with Gasteiger partial charge >= 0.3 is 5.97 Å². The second-order valence-corrected chi connectivity index (χ2v) is 14.2. The number of hydrogen-bond donors (Lipinski definition) is 0. The Labute approximate surface area is 148 Å². The molecule has 0 aromatic rings. The molecule has 6 heteroatoms. The minimum atomic E-state index is -2.10. The largest absolute Gasteiger partial charge is 0.477 e. The Morgan fingerprint density at radius 1 is 1.21 bits per heavy atom. The van der Waals surface area contributed by atoms with E-state index in [0.29, 0.717) is 12.5 Å². The zero-order chi connectivity index (χ0) is 19.0. The highest BCUT2D eigenvalue weighted by Gasteiger charge is 2.48. The Balaban J connectivity index is 3.14. The molecular formula is C18H35NO4Si. The number of carbonyl (C=O) groups is 1. The van der Waals surface area contributed by atoms with Gasteiger partial charge in [-0.2, -0.15) is 0 Å². The van der Waals surface area contributed by atoms with E-state index in [9.17, 15) is 4.79 Å². The molecular weight excluding hydrogens is 322 g/mol. The van der Waals surface area contributed by atoms with Crippen molar-refractivity contribution in [3.8, 4) is 0 Å². The molecule has 0 bridgehead atoms. The van der Waals surface area contributed by atoms with Crippen LogP contribution in [0.15, 0.2) is 4.99 Å². The van der Waals surface area contributed by atoms with Crippen LogP contribution in [0.3, 0.4) is 0 Å². The molecule has 0 saturated carbocycles. The van der Waals surface area contributed by atoms with Crippen molar-refractivity contribution in [3.05, 3.63) is 0 Å². The molecule has 140 valence electrons. The lowest BCUT2D eigenvalue weighted by atomic mass is 9.88. The van der Waals surface area contributed by atoms with E-state index in [1.807, 2.05) is 6.92 Å². The molecule has 5 nitrogen and oxygen atoms in total. The summed E-state index contributed by atoms with van der Waals surface area (Å²) < 4.78 is 17.8. The van der Waals surface area contributed by atoms with Crippen LogP contribution in [0.5, 0.6) is 0 Å². The van der Waals surface area contributed by atoms with E-state index in [0.717, 1.165) is 0 Å². The third kappa shape index (κ3) is 5.05. The molecule has 0 fully saturated rings. The normalized spacial score (nSPS) is 21.8. The molecule has 1 aliphatic heterocycles. The highest BCUT2D eigenvalue weighted by Crippen LogP contribution is 2.40. The molecule has 0 N–H and O–H groups in total. The average molecular weight is 358 g/mol. The van der Waals surface area contributed by atoms with Gasteiger partial charge in [0.25, 0.3) is 0 Å². The minimum Gasteiger partial charge on any atom is -0.477 e. The van der Waals surface area contributed by atoms with E-state index in [4.69, 9.17) is 18.9 Å². The molecule has 0 aliphatic carbocycles. The van der Waals surface area contributed by atoms with Gasteiger partial charge in [-0.05, 0) is 30.5 Å². The predicted molar refractivity (Wildman–Crippen MR) is 100.0 cm³/mol. The fraction of sp³-hybridized carbons (Fsp3) is 0.889. The quantitative estimate of drug-likeness (QED) is 0.547. The van der Waals surface area contributed by atoms with Crippen LogP contribution in [-0.4, -0.2) is 45.0 Å². The van der Waals surface area contributed by atoms with Gasteiger partial charge in [0.1, 0.15) is 13.2 Å². The van der Waals surface area contributed by atoms with Gasteiger partial charge in [0, 0.05) is 6.92 Å². The first-order chi connectivity index (χ1) is 10.6. The van der Waals surface area contributed by atoms with Crippen molar-refractivity contribution in [2.45, 2.75) is 85.2 Å². The summed E-state index contributed by atoms with van der Waals surface area (Å²) in [6.45, 7) is 21.3. The molecule has 0 amide bonds. The molecule has 0 aromatic heterocycles. The summed E-state index contributed by atoms with van der Waals surface area (Å²) in [5.74, 6) is 0.222. The number of aliphatic imine (C=N–C) groups is 1. The molecule has 0 saturated heterocycles. The number of rotatable bonds is 5. The molecule has 24 heavy (non-hydrogen) atoms. The highest BCUT2D eigenvalue weighted by atomic mass is 28.4. The number of esters is 1.